The van der Waals surface area contributed by atoms with Crippen LogP contribution in [0.4, 0.5) is 0 Å². The standard InChI is InChI=1S/C12H12N2O/c1-9-3-4-10(7-11(9)8-15)12-5-6-13-14(12)2/h3-8H,1-2H3. The third-order valence-corrected chi connectivity index (χ3v) is 2.52. The van der Waals surface area contributed by atoms with Gasteiger partial charge < -0.3 is 0 Å². The monoisotopic (exact) mass is 200 g/mol. The van der Waals surface area contributed by atoms with Gasteiger partial charge in [-0.15, -0.1) is 0 Å². The van der Waals surface area contributed by atoms with Gasteiger partial charge in [-0.3, -0.25) is 9.48 Å². The van der Waals surface area contributed by atoms with Gasteiger partial charge in [0.15, 0.2) is 0 Å². The number of nitrogens with zero attached hydrogens (tertiary/aromatic N) is 2. The van der Waals surface area contributed by atoms with Gasteiger partial charge in [0.05, 0.1) is 5.69 Å². The van der Waals surface area contributed by atoms with E-state index in [2.05, 4.69) is 5.10 Å². The lowest BCUT2D eigenvalue weighted by Crippen LogP contribution is -1.94. The molecule has 0 N–H and O–H groups in total. The molecule has 0 radical (unpaired) electrons. The van der Waals surface area contributed by atoms with E-state index in [0.717, 1.165) is 28.7 Å². The summed E-state index contributed by atoms with van der Waals surface area (Å²) in [4.78, 5) is 10.8. The van der Waals surface area contributed by atoms with Crippen LogP contribution in [0.5, 0.6) is 0 Å². The maximum Gasteiger partial charge on any atom is 0.150 e. The number of aromatic nitrogens is 2. The molecule has 2 rings (SSSR count). The summed E-state index contributed by atoms with van der Waals surface area (Å²) < 4.78 is 1.79. The number of aryl methyl sites for hydroxylation is 2. The van der Waals surface area contributed by atoms with Crippen LogP contribution < -0.4 is 0 Å². The third kappa shape index (κ3) is 1.68. The molecule has 3 heteroatoms. The van der Waals surface area contributed by atoms with Crippen molar-refractivity contribution in [3.8, 4) is 11.3 Å². The molecule has 0 saturated heterocycles. The summed E-state index contributed by atoms with van der Waals surface area (Å²) in [5, 5.41) is 4.10. The van der Waals surface area contributed by atoms with E-state index in [0.29, 0.717) is 0 Å². The topological polar surface area (TPSA) is 34.9 Å². The maximum absolute atomic E-state index is 10.8. The molecule has 0 spiro atoms. The first-order valence-electron chi connectivity index (χ1n) is 4.76. The van der Waals surface area contributed by atoms with Gasteiger partial charge in [0, 0.05) is 24.4 Å². The number of carbonyl (C=O) groups is 1. The largest absolute Gasteiger partial charge is 0.298 e. The molecule has 0 bridgehead atoms. The van der Waals surface area contributed by atoms with Crippen LogP contribution in [0.25, 0.3) is 11.3 Å². The van der Waals surface area contributed by atoms with Gasteiger partial charge >= 0.3 is 0 Å². The molecule has 0 unspecified atom stereocenters. The fourth-order valence-electron chi connectivity index (χ4n) is 1.58. The smallest absolute Gasteiger partial charge is 0.150 e. The Morgan fingerprint density at radius 2 is 2.13 bits per heavy atom. The van der Waals surface area contributed by atoms with Gasteiger partial charge in [-0.1, -0.05) is 12.1 Å². The highest BCUT2D eigenvalue weighted by atomic mass is 16.1. The van der Waals surface area contributed by atoms with Crippen molar-refractivity contribution in [1.82, 2.24) is 9.78 Å². The Hall–Kier alpha value is -1.90. The van der Waals surface area contributed by atoms with Gasteiger partial charge in [0.25, 0.3) is 0 Å². The fraction of sp³-hybridized carbons (Fsp3) is 0.167. The van der Waals surface area contributed by atoms with E-state index in [4.69, 9.17) is 0 Å². The summed E-state index contributed by atoms with van der Waals surface area (Å²) in [5.41, 5.74) is 3.76. The van der Waals surface area contributed by atoms with E-state index in [-0.39, 0.29) is 0 Å². The summed E-state index contributed by atoms with van der Waals surface area (Å²) in [6.07, 6.45) is 2.63. The van der Waals surface area contributed by atoms with Gasteiger partial charge in [-0.2, -0.15) is 5.10 Å². The van der Waals surface area contributed by atoms with Crippen LogP contribution in [0, 0.1) is 6.92 Å². The Morgan fingerprint density at radius 1 is 1.33 bits per heavy atom. The van der Waals surface area contributed by atoms with Crippen molar-refractivity contribution in [2.75, 3.05) is 0 Å². The lowest BCUT2D eigenvalue weighted by atomic mass is 10.0. The zero-order chi connectivity index (χ0) is 10.8. The van der Waals surface area contributed by atoms with Crippen molar-refractivity contribution in [2.24, 2.45) is 7.05 Å². The van der Waals surface area contributed by atoms with Crippen molar-refractivity contribution < 1.29 is 4.79 Å². The van der Waals surface area contributed by atoms with E-state index in [9.17, 15) is 4.79 Å². The Morgan fingerprint density at radius 3 is 2.73 bits per heavy atom. The van der Waals surface area contributed by atoms with Crippen molar-refractivity contribution in [3.05, 3.63) is 41.6 Å². The Balaban J connectivity index is 2.55. The highest BCUT2D eigenvalue weighted by Crippen LogP contribution is 2.20. The molecule has 2 aromatic rings. The molecule has 1 aromatic carbocycles. The highest BCUT2D eigenvalue weighted by Gasteiger charge is 2.04. The van der Waals surface area contributed by atoms with Crippen LogP contribution in [0.1, 0.15) is 15.9 Å². The Labute approximate surface area is 88.4 Å². The number of hydrogen-bond donors (Lipinski definition) is 0. The van der Waals surface area contributed by atoms with Crippen LogP contribution in [-0.4, -0.2) is 16.1 Å². The van der Waals surface area contributed by atoms with Gasteiger partial charge in [-0.25, -0.2) is 0 Å². The molecule has 1 aromatic heterocycles. The Bertz CT molecular complexity index is 500. The average Bonchev–Trinajstić information content (AvgIpc) is 2.65. The molecule has 0 amide bonds. The number of hydrogen-bond acceptors (Lipinski definition) is 2. The van der Waals surface area contributed by atoms with Crippen LogP contribution in [0.3, 0.4) is 0 Å². The first kappa shape index (κ1) is 9.65. The van der Waals surface area contributed by atoms with Crippen molar-refractivity contribution in [2.45, 2.75) is 6.92 Å². The van der Waals surface area contributed by atoms with Crippen molar-refractivity contribution in [1.29, 1.82) is 0 Å². The summed E-state index contributed by atoms with van der Waals surface area (Å²) in [6, 6.07) is 7.77. The van der Waals surface area contributed by atoms with E-state index in [1.54, 1.807) is 10.9 Å². The highest BCUT2D eigenvalue weighted by molar-refractivity contribution is 5.80. The first-order chi connectivity index (χ1) is 7.22. The fourth-order valence-corrected chi connectivity index (χ4v) is 1.58. The predicted octanol–water partition coefficient (Wildman–Crippen LogP) is 2.21. The molecule has 1 heterocycles. The van der Waals surface area contributed by atoms with E-state index < -0.39 is 0 Å². The molecule has 0 aliphatic carbocycles. The van der Waals surface area contributed by atoms with E-state index >= 15 is 0 Å². The molecule has 0 fully saturated rings. The van der Waals surface area contributed by atoms with E-state index in [1.165, 1.54) is 0 Å². The normalized spacial score (nSPS) is 10.3. The lowest BCUT2D eigenvalue weighted by molar-refractivity contribution is 0.112. The lowest BCUT2D eigenvalue weighted by Gasteiger charge is -2.04. The summed E-state index contributed by atoms with van der Waals surface area (Å²) in [6.45, 7) is 1.93. The van der Waals surface area contributed by atoms with Gasteiger partial charge in [0.2, 0.25) is 0 Å². The minimum Gasteiger partial charge on any atom is -0.298 e. The maximum atomic E-state index is 10.8. The van der Waals surface area contributed by atoms with Crippen LogP contribution >= 0.6 is 0 Å². The number of aldehydes is 1. The number of carbonyl (C=O) groups excluding carboxylic acids is 1. The summed E-state index contributed by atoms with van der Waals surface area (Å²) >= 11 is 0. The van der Waals surface area contributed by atoms with Crippen LogP contribution in [0.2, 0.25) is 0 Å². The SMILES string of the molecule is Cc1ccc(-c2ccnn2C)cc1C=O. The summed E-state index contributed by atoms with van der Waals surface area (Å²) in [7, 11) is 1.88. The second-order valence-electron chi connectivity index (χ2n) is 3.53. The van der Waals surface area contributed by atoms with Crippen molar-refractivity contribution in [3.63, 3.8) is 0 Å². The molecule has 0 atom stereocenters. The van der Waals surface area contributed by atoms with Crippen LogP contribution in [-0.2, 0) is 7.05 Å². The molecular formula is C12H12N2O. The molecule has 76 valence electrons. The first-order valence-corrected chi connectivity index (χ1v) is 4.76. The van der Waals surface area contributed by atoms with Crippen LogP contribution in [0.15, 0.2) is 30.5 Å². The minimum absolute atomic E-state index is 0.730. The second kappa shape index (κ2) is 3.69. The molecule has 3 nitrogen and oxygen atoms in total. The second-order valence-corrected chi connectivity index (χ2v) is 3.53. The summed E-state index contributed by atoms with van der Waals surface area (Å²) in [5.74, 6) is 0. The zero-order valence-electron chi connectivity index (χ0n) is 8.77. The van der Waals surface area contributed by atoms with Gasteiger partial charge in [0.1, 0.15) is 6.29 Å². The van der Waals surface area contributed by atoms with Gasteiger partial charge in [-0.05, 0) is 24.6 Å². The molecule has 0 aliphatic rings. The zero-order valence-corrected chi connectivity index (χ0v) is 8.77. The molecule has 15 heavy (non-hydrogen) atoms. The number of benzene rings is 1. The molecule has 0 saturated carbocycles. The quantitative estimate of drug-likeness (QED) is 0.696. The predicted molar refractivity (Wildman–Crippen MR) is 58.8 cm³/mol. The van der Waals surface area contributed by atoms with E-state index in [1.807, 2.05) is 38.2 Å². The average molecular weight is 200 g/mol. The van der Waals surface area contributed by atoms with Crippen molar-refractivity contribution >= 4 is 6.29 Å². The Kier molecular flexibility index (Phi) is 2.37. The third-order valence-electron chi connectivity index (χ3n) is 2.52. The minimum atomic E-state index is 0.730. The molecule has 0 aliphatic heterocycles. The number of rotatable bonds is 2. The molecular weight excluding hydrogens is 188 g/mol.